The van der Waals surface area contributed by atoms with Gasteiger partial charge < -0.3 is 9.15 Å². The van der Waals surface area contributed by atoms with Crippen LogP contribution in [0.25, 0.3) is 11.0 Å². The minimum absolute atomic E-state index is 0.203. The first-order valence-electron chi connectivity index (χ1n) is 7.61. The van der Waals surface area contributed by atoms with E-state index in [4.69, 9.17) is 9.15 Å². The van der Waals surface area contributed by atoms with Gasteiger partial charge in [0.05, 0.1) is 7.11 Å². The summed E-state index contributed by atoms with van der Waals surface area (Å²) >= 11 is 0. The number of aryl methyl sites for hydroxylation is 3. The Morgan fingerprint density at radius 3 is 2.43 bits per heavy atom. The number of methoxy groups -OCH3 is 1. The van der Waals surface area contributed by atoms with Crippen molar-refractivity contribution in [2.24, 2.45) is 0 Å². The summed E-state index contributed by atoms with van der Waals surface area (Å²) in [7, 11) is 1.68. The minimum Gasteiger partial charge on any atom is -0.496 e. The predicted molar refractivity (Wildman–Crippen MR) is 86.5 cm³/mol. The van der Waals surface area contributed by atoms with Crippen LogP contribution in [-0.4, -0.2) is 7.11 Å². The van der Waals surface area contributed by atoms with E-state index in [0.29, 0.717) is 5.58 Å². The fourth-order valence-electron chi connectivity index (χ4n) is 2.86. The van der Waals surface area contributed by atoms with Crippen LogP contribution in [0.3, 0.4) is 0 Å². The number of benzene rings is 1. The molecule has 1 aromatic carbocycles. The highest BCUT2D eigenvalue weighted by Gasteiger charge is 2.16. The van der Waals surface area contributed by atoms with Gasteiger partial charge in [0, 0.05) is 16.5 Å². The molecule has 3 heteroatoms. The molecule has 0 unspecified atom stereocenters. The van der Waals surface area contributed by atoms with Gasteiger partial charge in [-0.25, -0.2) is 4.79 Å². The molecule has 114 valence electrons. The Kier molecular flexibility index (Phi) is 4.71. The molecule has 0 aliphatic carbocycles. The number of hydrogen-bond acceptors (Lipinski definition) is 3. The second-order valence-corrected chi connectivity index (χ2v) is 5.67. The fraction of sp³-hybridized carbons (Fsp3) is 0.500. The van der Waals surface area contributed by atoms with Crippen molar-refractivity contribution >= 4 is 11.0 Å². The largest absolute Gasteiger partial charge is 0.496 e. The average molecular weight is 288 g/mol. The fourth-order valence-corrected chi connectivity index (χ4v) is 2.86. The number of fused-ring (bicyclic) bond motifs is 1. The molecule has 21 heavy (non-hydrogen) atoms. The maximum atomic E-state index is 12.2. The summed E-state index contributed by atoms with van der Waals surface area (Å²) in [5.41, 5.74) is 4.30. The summed E-state index contributed by atoms with van der Waals surface area (Å²) in [6.45, 7) is 8.14. The highest BCUT2D eigenvalue weighted by atomic mass is 16.5. The van der Waals surface area contributed by atoms with Crippen molar-refractivity contribution in [2.75, 3.05) is 7.11 Å². The topological polar surface area (TPSA) is 39.4 Å². The summed E-state index contributed by atoms with van der Waals surface area (Å²) in [5, 5.41) is 0.987. The molecule has 0 fully saturated rings. The van der Waals surface area contributed by atoms with Crippen LogP contribution in [0.2, 0.25) is 0 Å². The van der Waals surface area contributed by atoms with Crippen LogP contribution in [0.1, 0.15) is 48.4 Å². The Bertz CT molecular complexity index is 711. The molecule has 2 rings (SSSR count). The van der Waals surface area contributed by atoms with Crippen LogP contribution >= 0.6 is 0 Å². The molecular formula is C18H24O3. The number of unbranched alkanes of at least 4 members (excludes halogenated alkanes) is 2. The van der Waals surface area contributed by atoms with Gasteiger partial charge in [-0.15, -0.1) is 0 Å². The van der Waals surface area contributed by atoms with Gasteiger partial charge in [0.25, 0.3) is 0 Å². The first kappa shape index (κ1) is 15.6. The second-order valence-electron chi connectivity index (χ2n) is 5.67. The van der Waals surface area contributed by atoms with Crippen LogP contribution in [-0.2, 0) is 6.42 Å². The first-order valence-corrected chi connectivity index (χ1v) is 7.61. The van der Waals surface area contributed by atoms with Gasteiger partial charge >= 0.3 is 5.63 Å². The standard InChI is InChI=1S/C18H24O3/c1-6-7-8-9-14-10-15-13(4)16(20-5)11(2)12(3)17(15)21-18(14)19/h10H,6-9H2,1-5H3. The van der Waals surface area contributed by atoms with E-state index in [1.165, 1.54) is 0 Å². The van der Waals surface area contributed by atoms with Crippen molar-refractivity contribution in [3.8, 4) is 5.75 Å². The van der Waals surface area contributed by atoms with Gasteiger partial charge in [0.2, 0.25) is 0 Å². The van der Waals surface area contributed by atoms with Crippen LogP contribution in [0.4, 0.5) is 0 Å². The van der Waals surface area contributed by atoms with E-state index in [2.05, 4.69) is 6.92 Å². The van der Waals surface area contributed by atoms with Gasteiger partial charge in [0.1, 0.15) is 11.3 Å². The predicted octanol–water partition coefficient (Wildman–Crippen LogP) is 4.46. The maximum absolute atomic E-state index is 12.2. The first-order chi connectivity index (χ1) is 10.0. The quantitative estimate of drug-likeness (QED) is 0.602. The molecule has 0 spiro atoms. The minimum atomic E-state index is -0.203. The summed E-state index contributed by atoms with van der Waals surface area (Å²) < 4.78 is 11.1. The van der Waals surface area contributed by atoms with Crippen LogP contribution < -0.4 is 10.4 Å². The van der Waals surface area contributed by atoms with E-state index in [0.717, 1.165) is 59.1 Å². The van der Waals surface area contributed by atoms with E-state index in [1.54, 1.807) is 7.11 Å². The normalized spacial score (nSPS) is 11.1. The Hall–Kier alpha value is -1.77. The summed E-state index contributed by atoms with van der Waals surface area (Å²) in [4.78, 5) is 12.2. The summed E-state index contributed by atoms with van der Waals surface area (Å²) in [6, 6.07) is 1.99. The lowest BCUT2D eigenvalue weighted by molar-refractivity contribution is 0.408. The molecule has 0 radical (unpaired) electrons. The Balaban J connectivity index is 2.63. The molecule has 0 aliphatic rings. The molecule has 0 aliphatic heterocycles. The Morgan fingerprint density at radius 1 is 1.10 bits per heavy atom. The van der Waals surface area contributed by atoms with Gasteiger partial charge in [-0.2, -0.15) is 0 Å². The third-order valence-corrected chi connectivity index (χ3v) is 4.26. The Labute approximate surface area is 125 Å². The van der Waals surface area contributed by atoms with Crippen molar-refractivity contribution in [1.29, 1.82) is 0 Å². The van der Waals surface area contributed by atoms with Crippen molar-refractivity contribution in [2.45, 2.75) is 53.4 Å². The van der Waals surface area contributed by atoms with Crippen LogP contribution in [0.15, 0.2) is 15.3 Å². The van der Waals surface area contributed by atoms with Crippen molar-refractivity contribution in [3.05, 3.63) is 38.7 Å². The van der Waals surface area contributed by atoms with Crippen LogP contribution in [0.5, 0.6) is 5.75 Å². The summed E-state index contributed by atoms with van der Waals surface area (Å²) in [5.74, 6) is 0.883. The zero-order valence-electron chi connectivity index (χ0n) is 13.6. The lowest BCUT2D eigenvalue weighted by atomic mass is 9.98. The third kappa shape index (κ3) is 2.82. The Morgan fingerprint density at radius 2 is 1.81 bits per heavy atom. The van der Waals surface area contributed by atoms with E-state index in [-0.39, 0.29) is 5.63 Å². The van der Waals surface area contributed by atoms with Crippen molar-refractivity contribution in [3.63, 3.8) is 0 Å². The molecule has 0 N–H and O–H groups in total. The molecule has 0 bridgehead atoms. The van der Waals surface area contributed by atoms with Crippen molar-refractivity contribution in [1.82, 2.24) is 0 Å². The van der Waals surface area contributed by atoms with Gasteiger partial charge in [-0.3, -0.25) is 0 Å². The van der Waals surface area contributed by atoms with Gasteiger partial charge in [0.15, 0.2) is 0 Å². The molecule has 0 atom stereocenters. The molecule has 0 saturated carbocycles. The van der Waals surface area contributed by atoms with Gasteiger partial charge in [-0.05, 0) is 50.8 Å². The molecule has 2 aromatic rings. The third-order valence-electron chi connectivity index (χ3n) is 4.26. The lowest BCUT2D eigenvalue weighted by Gasteiger charge is -2.15. The molecule has 0 saturated heterocycles. The maximum Gasteiger partial charge on any atom is 0.339 e. The van der Waals surface area contributed by atoms with E-state index in [9.17, 15) is 4.79 Å². The molecular weight excluding hydrogens is 264 g/mol. The monoisotopic (exact) mass is 288 g/mol. The molecule has 1 aromatic heterocycles. The van der Waals surface area contributed by atoms with Crippen LogP contribution in [0, 0.1) is 20.8 Å². The molecule has 0 amide bonds. The number of hydrogen-bond donors (Lipinski definition) is 0. The number of ether oxygens (including phenoxy) is 1. The highest BCUT2D eigenvalue weighted by Crippen LogP contribution is 2.34. The highest BCUT2D eigenvalue weighted by molar-refractivity contribution is 5.87. The number of rotatable bonds is 5. The van der Waals surface area contributed by atoms with E-state index in [1.807, 2.05) is 26.8 Å². The zero-order chi connectivity index (χ0) is 15.6. The molecule has 1 heterocycles. The smallest absolute Gasteiger partial charge is 0.339 e. The average Bonchev–Trinajstić information content (AvgIpc) is 2.47. The van der Waals surface area contributed by atoms with E-state index < -0.39 is 0 Å². The zero-order valence-corrected chi connectivity index (χ0v) is 13.6. The SMILES string of the molecule is CCCCCc1cc2c(C)c(OC)c(C)c(C)c2oc1=O. The van der Waals surface area contributed by atoms with E-state index >= 15 is 0 Å². The lowest BCUT2D eigenvalue weighted by Crippen LogP contribution is -2.09. The van der Waals surface area contributed by atoms with Gasteiger partial charge in [-0.1, -0.05) is 19.8 Å². The van der Waals surface area contributed by atoms with Crippen molar-refractivity contribution < 1.29 is 9.15 Å². The summed E-state index contributed by atoms with van der Waals surface area (Å²) in [6.07, 6.45) is 4.07. The molecule has 3 nitrogen and oxygen atoms in total. The second kappa shape index (κ2) is 6.33.